The van der Waals surface area contributed by atoms with E-state index in [1.165, 1.54) is 11.3 Å². The molecule has 2 heterocycles. The molecule has 2 aromatic rings. The van der Waals surface area contributed by atoms with Crippen LogP contribution >= 0.6 is 0 Å². The molecule has 2 amide bonds. The molecule has 1 N–H and O–H groups in total. The quantitative estimate of drug-likeness (QED) is 0.701. The van der Waals surface area contributed by atoms with Gasteiger partial charge in [-0.1, -0.05) is 30.3 Å². The number of piperidine rings is 2. The van der Waals surface area contributed by atoms with Crippen LogP contribution in [-0.4, -0.2) is 56.0 Å². The SMILES string of the molecule is COc1ccc(N2CCC(NC(=O)C3CCN(C(=O)CCc4ccccc4)CC3)CC2)cc1. The van der Waals surface area contributed by atoms with Crippen molar-refractivity contribution >= 4 is 17.5 Å². The highest BCUT2D eigenvalue weighted by Crippen LogP contribution is 2.24. The van der Waals surface area contributed by atoms with Crippen LogP contribution in [0.4, 0.5) is 5.69 Å². The minimum absolute atomic E-state index is 0.0165. The van der Waals surface area contributed by atoms with Gasteiger partial charge >= 0.3 is 0 Å². The van der Waals surface area contributed by atoms with Gasteiger partial charge in [0.15, 0.2) is 0 Å². The monoisotopic (exact) mass is 449 g/mol. The lowest BCUT2D eigenvalue weighted by atomic mass is 9.94. The van der Waals surface area contributed by atoms with Crippen molar-refractivity contribution in [3.8, 4) is 5.75 Å². The van der Waals surface area contributed by atoms with E-state index >= 15 is 0 Å². The number of rotatable bonds is 7. The van der Waals surface area contributed by atoms with Crippen LogP contribution in [0.1, 0.15) is 37.7 Å². The maximum Gasteiger partial charge on any atom is 0.223 e. The van der Waals surface area contributed by atoms with Crippen LogP contribution in [0.5, 0.6) is 5.75 Å². The Morgan fingerprint density at radius 3 is 2.21 bits per heavy atom. The van der Waals surface area contributed by atoms with Crippen molar-refractivity contribution in [1.82, 2.24) is 10.2 Å². The summed E-state index contributed by atoms with van der Waals surface area (Å²) in [7, 11) is 1.68. The van der Waals surface area contributed by atoms with E-state index in [1.54, 1.807) is 7.11 Å². The van der Waals surface area contributed by atoms with Crippen molar-refractivity contribution in [3.63, 3.8) is 0 Å². The van der Waals surface area contributed by atoms with Gasteiger partial charge in [0, 0.05) is 50.2 Å². The second-order valence-electron chi connectivity index (χ2n) is 9.11. The molecule has 0 unspecified atom stereocenters. The van der Waals surface area contributed by atoms with Crippen LogP contribution in [0.15, 0.2) is 54.6 Å². The van der Waals surface area contributed by atoms with Gasteiger partial charge in [0.05, 0.1) is 7.11 Å². The Bertz CT molecular complexity index is 900. The van der Waals surface area contributed by atoms with Gasteiger partial charge in [-0.05, 0) is 61.9 Å². The number of benzene rings is 2. The number of ether oxygens (including phenoxy) is 1. The molecule has 0 saturated carbocycles. The molecule has 0 spiro atoms. The molecular weight excluding hydrogens is 414 g/mol. The summed E-state index contributed by atoms with van der Waals surface area (Å²) < 4.78 is 5.24. The Hall–Kier alpha value is -3.02. The van der Waals surface area contributed by atoms with E-state index in [0.717, 1.165) is 50.9 Å². The van der Waals surface area contributed by atoms with Crippen molar-refractivity contribution < 1.29 is 14.3 Å². The Kier molecular flexibility index (Phi) is 7.87. The van der Waals surface area contributed by atoms with Crippen LogP contribution in [0.2, 0.25) is 0 Å². The molecule has 0 aliphatic carbocycles. The van der Waals surface area contributed by atoms with E-state index in [9.17, 15) is 9.59 Å². The van der Waals surface area contributed by atoms with Crippen molar-refractivity contribution in [3.05, 3.63) is 60.2 Å². The molecular formula is C27H35N3O3. The fourth-order valence-corrected chi connectivity index (χ4v) is 4.84. The third-order valence-electron chi connectivity index (χ3n) is 6.97. The molecule has 2 fully saturated rings. The summed E-state index contributed by atoms with van der Waals surface area (Å²) >= 11 is 0. The number of hydrogen-bond donors (Lipinski definition) is 1. The summed E-state index contributed by atoms with van der Waals surface area (Å²) in [6, 6.07) is 18.5. The van der Waals surface area contributed by atoms with Gasteiger partial charge in [0.25, 0.3) is 0 Å². The Labute approximate surface area is 196 Å². The maximum absolute atomic E-state index is 12.8. The number of aryl methyl sites for hydroxylation is 1. The van der Waals surface area contributed by atoms with Gasteiger partial charge in [0.1, 0.15) is 5.75 Å². The van der Waals surface area contributed by atoms with Crippen LogP contribution in [0, 0.1) is 5.92 Å². The second kappa shape index (κ2) is 11.2. The number of nitrogens with zero attached hydrogens (tertiary/aromatic N) is 2. The summed E-state index contributed by atoms with van der Waals surface area (Å²) in [6.45, 7) is 3.24. The van der Waals surface area contributed by atoms with Gasteiger partial charge in [-0.3, -0.25) is 9.59 Å². The minimum atomic E-state index is 0.0165. The smallest absolute Gasteiger partial charge is 0.223 e. The predicted octanol–water partition coefficient (Wildman–Crippen LogP) is 3.65. The standard InChI is InChI=1S/C27H35N3O3/c1-33-25-10-8-24(9-11-25)29-19-15-23(16-20-29)28-27(32)22-13-17-30(18-14-22)26(31)12-7-21-5-3-2-4-6-21/h2-6,8-11,22-23H,7,12-20H2,1H3,(H,28,32). The highest BCUT2D eigenvalue weighted by Gasteiger charge is 2.29. The van der Waals surface area contributed by atoms with Crippen LogP contribution in [0.25, 0.3) is 0 Å². The van der Waals surface area contributed by atoms with Crippen molar-refractivity contribution in [1.29, 1.82) is 0 Å². The summed E-state index contributed by atoms with van der Waals surface area (Å²) in [4.78, 5) is 29.7. The summed E-state index contributed by atoms with van der Waals surface area (Å²) in [5.74, 6) is 1.24. The van der Waals surface area contributed by atoms with E-state index in [-0.39, 0.29) is 23.8 Å². The lowest BCUT2D eigenvalue weighted by molar-refractivity contribution is -0.135. The van der Waals surface area contributed by atoms with Crippen molar-refractivity contribution in [2.75, 3.05) is 38.2 Å². The zero-order valence-corrected chi connectivity index (χ0v) is 19.5. The molecule has 6 heteroatoms. The molecule has 0 bridgehead atoms. The molecule has 176 valence electrons. The Morgan fingerprint density at radius 2 is 1.58 bits per heavy atom. The molecule has 0 radical (unpaired) electrons. The molecule has 2 aromatic carbocycles. The highest BCUT2D eigenvalue weighted by atomic mass is 16.5. The number of carbonyl (C=O) groups is 2. The molecule has 0 atom stereocenters. The number of likely N-dealkylation sites (tertiary alicyclic amines) is 1. The summed E-state index contributed by atoms with van der Waals surface area (Å²) in [5, 5.41) is 3.28. The van der Waals surface area contributed by atoms with Gasteiger partial charge in [-0.25, -0.2) is 0 Å². The van der Waals surface area contributed by atoms with E-state index < -0.39 is 0 Å². The topological polar surface area (TPSA) is 61.9 Å². The largest absolute Gasteiger partial charge is 0.497 e. The second-order valence-corrected chi connectivity index (χ2v) is 9.11. The molecule has 6 nitrogen and oxygen atoms in total. The van der Waals surface area contributed by atoms with E-state index in [0.29, 0.717) is 19.5 Å². The first-order valence-corrected chi connectivity index (χ1v) is 12.1. The van der Waals surface area contributed by atoms with E-state index in [2.05, 4.69) is 34.5 Å². The van der Waals surface area contributed by atoms with Crippen LogP contribution < -0.4 is 15.0 Å². The van der Waals surface area contributed by atoms with Crippen LogP contribution in [0.3, 0.4) is 0 Å². The maximum atomic E-state index is 12.8. The zero-order chi connectivity index (χ0) is 23.0. The number of methoxy groups -OCH3 is 1. The molecule has 33 heavy (non-hydrogen) atoms. The average Bonchev–Trinajstić information content (AvgIpc) is 2.88. The van der Waals surface area contributed by atoms with Gasteiger partial charge in [-0.2, -0.15) is 0 Å². The van der Waals surface area contributed by atoms with Crippen molar-refractivity contribution in [2.45, 2.75) is 44.6 Å². The molecule has 2 aliphatic rings. The fourth-order valence-electron chi connectivity index (χ4n) is 4.84. The van der Waals surface area contributed by atoms with Crippen LogP contribution in [-0.2, 0) is 16.0 Å². The number of carbonyl (C=O) groups excluding carboxylic acids is 2. The lowest BCUT2D eigenvalue weighted by Gasteiger charge is -2.36. The molecule has 4 rings (SSSR count). The lowest BCUT2D eigenvalue weighted by Crippen LogP contribution is -2.48. The zero-order valence-electron chi connectivity index (χ0n) is 19.5. The number of nitrogens with one attached hydrogen (secondary N) is 1. The number of amides is 2. The number of anilines is 1. The first-order valence-electron chi connectivity index (χ1n) is 12.1. The summed E-state index contributed by atoms with van der Waals surface area (Å²) in [6.07, 6.45) is 4.73. The third kappa shape index (κ3) is 6.28. The Balaban J connectivity index is 1.16. The minimum Gasteiger partial charge on any atom is -0.497 e. The first kappa shape index (κ1) is 23.1. The van der Waals surface area contributed by atoms with Gasteiger partial charge in [-0.15, -0.1) is 0 Å². The fraction of sp³-hybridized carbons (Fsp3) is 0.481. The molecule has 0 aromatic heterocycles. The molecule has 2 saturated heterocycles. The highest BCUT2D eigenvalue weighted by molar-refractivity contribution is 5.80. The third-order valence-corrected chi connectivity index (χ3v) is 6.97. The molecule has 2 aliphatic heterocycles. The average molecular weight is 450 g/mol. The van der Waals surface area contributed by atoms with E-state index in [1.807, 2.05) is 35.2 Å². The summed E-state index contributed by atoms with van der Waals surface area (Å²) in [5.41, 5.74) is 2.39. The normalized spacial score (nSPS) is 17.6. The van der Waals surface area contributed by atoms with Crippen molar-refractivity contribution in [2.24, 2.45) is 5.92 Å². The van der Waals surface area contributed by atoms with E-state index in [4.69, 9.17) is 4.74 Å². The van der Waals surface area contributed by atoms with Gasteiger partial charge in [0.2, 0.25) is 11.8 Å². The predicted molar refractivity (Wildman–Crippen MR) is 130 cm³/mol. The first-order chi connectivity index (χ1) is 16.1. The Morgan fingerprint density at radius 1 is 0.909 bits per heavy atom. The van der Waals surface area contributed by atoms with Gasteiger partial charge < -0.3 is 19.9 Å². The number of hydrogen-bond acceptors (Lipinski definition) is 4.